The quantitative estimate of drug-likeness (QED) is 0.821. The van der Waals surface area contributed by atoms with Crippen molar-refractivity contribution in [1.82, 2.24) is 10.2 Å². The summed E-state index contributed by atoms with van der Waals surface area (Å²) >= 11 is 0. The van der Waals surface area contributed by atoms with Gasteiger partial charge in [-0.15, -0.1) is 0 Å². The Morgan fingerprint density at radius 3 is 2.65 bits per heavy atom. The zero-order valence-electron chi connectivity index (χ0n) is 13.2. The number of amidine groups is 1. The van der Waals surface area contributed by atoms with Crippen molar-refractivity contribution in [3.05, 3.63) is 0 Å². The summed E-state index contributed by atoms with van der Waals surface area (Å²) in [5, 5.41) is 13.1. The predicted molar refractivity (Wildman–Crippen MR) is 79.0 cm³/mol. The van der Waals surface area contributed by atoms with Crippen LogP contribution in [0.2, 0.25) is 0 Å². The van der Waals surface area contributed by atoms with Gasteiger partial charge in [0.25, 0.3) is 0 Å². The van der Waals surface area contributed by atoms with Gasteiger partial charge < -0.3 is 15.2 Å². The zero-order valence-corrected chi connectivity index (χ0v) is 13.2. The van der Waals surface area contributed by atoms with E-state index < -0.39 is 11.2 Å². The van der Waals surface area contributed by atoms with E-state index in [0.717, 1.165) is 5.84 Å². The highest BCUT2D eigenvalue weighted by Crippen LogP contribution is 2.11. The topological polar surface area (TPSA) is 74.2 Å². The molecule has 2 N–H and O–H groups in total. The summed E-state index contributed by atoms with van der Waals surface area (Å²) in [6.45, 7) is 11.2. The minimum atomic E-state index is -0.767. The molecule has 116 valence electrons. The second-order valence-corrected chi connectivity index (χ2v) is 6.43. The highest BCUT2D eigenvalue weighted by Gasteiger charge is 2.26. The normalized spacial score (nSPS) is 19.1. The molecule has 0 aromatic rings. The van der Waals surface area contributed by atoms with E-state index in [-0.39, 0.29) is 6.09 Å². The van der Waals surface area contributed by atoms with E-state index >= 15 is 0 Å². The number of aliphatic imine (C=N–C) groups is 1. The number of hydrogen-bond acceptors (Lipinski definition) is 5. The van der Waals surface area contributed by atoms with Crippen molar-refractivity contribution in [3.63, 3.8) is 0 Å². The first-order chi connectivity index (χ1) is 9.13. The summed E-state index contributed by atoms with van der Waals surface area (Å²) in [5.74, 6) is 0.718. The molecule has 6 nitrogen and oxygen atoms in total. The van der Waals surface area contributed by atoms with E-state index in [0.29, 0.717) is 32.6 Å². The van der Waals surface area contributed by atoms with Crippen LogP contribution in [0.25, 0.3) is 0 Å². The number of aliphatic hydroxyl groups is 1. The molecule has 0 saturated carbocycles. The lowest BCUT2D eigenvalue weighted by atomic mass is 10.0. The largest absolute Gasteiger partial charge is 0.444 e. The van der Waals surface area contributed by atoms with Gasteiger partial charge in [-0.1, -0.05) is 6.92 Å². The van der Waals surface area contributed by atoms with Crippen LogP contribution in [0.5, 0.6) is 0 Å². The van der Waals surface area contributed by atoms with Crippen LogP contribution in [0.4, 0.5) is 4.79 Å². The van der Waals surface area contributed by atoms with Crippen LogP contribution in [-0.2, 0) is 4.74 Å². The Kier molecular flexibility index (Phi) is 5.39. The average Bonchev–Trinajstić information content (AvgIpc) is 2.35. The molecule has 0 aliphatic carbocycles. The Bertz CT molecular complexity index is 372. The van der Waals surface area contributed by atoms with Crippen LogP contribution < -0.4 is 5.32 Å². The third kappa shape index (κ3) is 5.77. The van der Waals surface area contributed by atoms with Gasteiger partial charge in [0.05, 0.1) is 18.7 Å². The Morgan fingerprint density at radius 2 is 2.10 bits per heavy atom. The van der Waals surface area contributed by atoms with Crippen LogP contribution in [0.3, 0.4) is 0 Å². The van der Waals surface area contributed by atoms with Gasteiger partial charge in [0.2, 0.25) is 0 Å². The molecule has 0 aromatic carbocycles. The molecule has 20 heavy (non-hydrogen) atoms. The molecule has 6 heteroatoms. The number of nitrogens with one attached hydrogen (secondary N) is 1. The minimum absolute atomic E-state index is 0.325. The summed E-state index contributed by atoms with van der Waals surface area (Å²) in [5.41, 5.74) is -1.26. The number of carbonyl (C=O) groups excluding carboxylic acids is 1. The van der Waals surface area contributed by atoms with Crippen LogP contribution in [0, 0.1) is 0 Å². The van der Waals surface area contributed by atoms with Gasteiger partial charge in [-0.2, -0.15) is 0 Å². The fourth-order valence-electron chi connectivity index (χ4n) is 1.63. The third-order valence-electron chi connectivity index (χ3n) is 3.10. The van der Waals surface area contributed by atoms with Crippen molar-refractivity contribution in [1.29, 1.82) is 0 Å². The van der Waals surface area contributed by atoms with E-state index in [9.17, 15) is 9.90 Å². The molecular weight excluding hydrogens is 258 g/mol. The van der Waals surface area contributed by atoms with E-state index in [4.69, 9.17) is 4.74 Å². The van der Waals surface area contributed by atoms with Crippen molar-refractivity contribution in [2.75, 3.05) is 26.2 Å². The molecule has 1 unspecified atom stereocenters. The maximum atomic E-state index is 12.0. The lowest BCUT2D eigenvalue weighted by molar-refractivity contribution is 0.0275. The molecule has 0 aromatic heterocycles. The SMILES string of the molecule is CCC(C)(O)CNC1=NCCN(C(=O)OC(C)(C)C)C1. The molecular formula is C14H27N3O3. The number of rotatable bonds is 3. The van der Waals surface area contributed by atoms with Crippen molar-refractivity contribution >= 4 is 11.9 Å². The van der Waals surface area contributed by atoms with Crippen molar-refractivity contribution in [2.45, 2.75) is 52.2 Å². The molecule has 1 amide bonds. The first kappa shape index (κ1) is 16.8. The van der Waals surface area contributed by atoms with Crippen molar-refractivity contribution < 1.29 is 14.6 Å². The summed E-state index contributed by atoms with van der Waals surface area (Å²) in [4.78, 5) is 18.0. The molecule has 1 atom stereocenters. The van der Waals surface area contributed by atoms with Gasteiger partial charge in [0.15, 0.2) is 0 Å². The van der Waals surface area contributed by atoms with Gasteiger partial charge >= 0.3 is 6.09 Å². The molecule has 0 fully saturated rings. The molecule has 1 aliphatic heterocycles. The van der Waals surface area contributed by atoms with E-state index in [1.807, 2.05) is 27.7 Å². The summed E-state index contributed by atoms with van der Waals surface area (Å²) in [6, 6.07) is 0. The monoisotopic (exact) mass is 285 g/mol. The fourth-order valence-corrected chi connectivity index (χ4v) is 1.63. The number of carbonyl (C=O) groups is 1. The maximum absolute atomic E-state index is 12.0. The van der Waals surface area contributed by atoms with E-state index in [1.165, 1.54) is 0 Å². The van der Waals surface area contributed by atoms with Crippen molar-refractivity contribution in [3.8, 4) is 0 Å². The summed E-state index contributed by atoms with van der Waals surface area (Å²) < 4.78 is 5.35. The molecule has 1 heterocycles. The highest BCUT2D eigenvalue weighted by atomic mass is 16.6. The Hall–Kier alpha value is -1.30. The molecule has 0 spiro atoms. The lowest BCUT2D eigenvalue weighted by Crippen LogP contribution is -2.49. The van der Waals surface area contributed by atoms with Gasteiger partial charge in [0, 0.05) is 13.1 Å². The van der Waals surface area contributed by atoms with Crippen LogP contribution in [0.1, 0.15) is 41.0 Å². The summed E-state index contributed by atoms with van der Waals surface area (Å²) in [7, 11) is 0. The average molecular weight is 285 g/mol. The maximum Gasteiger partial charge on any atom is 0.410 e. The lowest BCUT2D eigenvalue weighted by Gasteiger charge is -2.31. The smallest absolute Gasteiger partial charge is 0.410 e. The molecule has 1 rings (SSSR count). The van der Waals surface area contributed by atoms with E-state index in [2.05, 4.69) is 10.3 Å². The van der Waals surface area contributed by atoms with Crippen molar-refractivity contribution in [2.24, 2.45) is 4.99 Å². The first-order valence-corrected chi connectivity index (χ1v) is 7.10. The Balaban J connectivity index is 2.50. The van der Waals surface area contributed by atoms with Crippen LogP contribution in [-0.4, -0.2) is 59.3 Å². The Morgan fingerprint density at radius 1 is 1.45 bits per heavy atom. The van der Waals surface area contributed by atoms with E-state index in [1.54, 1.807) is 11.8 Å². The standard InChI is InChI=1S/C14H27N3O3/c1-6-14(5,19)10-16-11-9-17(8-7-15-11)12(18)20-13(2,3)4/h19H,6-10H2,1-5H3,(H,15,16). The van der Waals surface area contributed by atoms with Gasteiger partial charge in [0.1, 0.15) is 11.4 Å². The minimum Gasteiger partial charge on any atom is -0.444 e. The number of amides is 1. The van der Waals surface area contributed by atoms with Gasteiger partial charge in [-0.25, -0.2) is 4.79 Å². The third-order valence-corrected chi connectivity index (χ3v) is 3.10. The second-order valence-electron chi connectivity index (χ2n) is 6.43. The van der Waals surface area contributed by atoms with Crippen LogP contribution in [0.15, 0.2) is 4.99 Å². The molecule has 0 radical (unpaired) electrons. The van der Waals surface area contributed by atoms with Crippen LogP contribution >= 0.6 is 0 Å². The fraction of sp³-hybridized carbons (Fsp3) is 0.857. The molecule has 0 saturated heterocycles. The molecule has 1 aliphatic rings. The predicted octanol–water partition coefficient (Wildman–Crippen LogP) is 1.39. The Labute approximate surface area is 121 Å². The summed E-state index contributed by atoms with van der Waals surface area (Å²) in [6.07, 6.45) is 0.331. The highest BCUT2D eigenvalue weighted by molar-refractivity contribution is 5.87. The first-order valence-electron chi connectivity index (χ1n) is 7.10. The zero-order chi connectivity index (χ0) is 15.4. The number of ether oxygens (including phenoxy) is 1. The number of nitrogens with zero attached hydrogens (tertiary/aromatic N) is 2. The second kappa shape index (κ2) is 6.43. The molecule has 0 bridgehead atoms. The number of hydrogen-bond donors (Lipinski definition) is 2. The van der Waals surface area contributed by atoms with Gasteiger partial charge in [-0.3, -0.25) is 9.89 Å². The van der Waals surface area contributed by atoms with Gasteiger partial charge in [-0.05, 0) is 34.1 Å².